The third-order valence-electron chi connectivity index (χ3n) is 19.8. The van der Waals surface area contributed by atoms with Gasteiger partial charge in [0.15, 0.2) is 16.9 Å². The van der Waals surface area contributed by atoms with Gasteiger partial charge in [-0.3, -0.25) is 4.79 Å². The molecule has 6 fully saturated rings. The number of benzene rings is 3. The Hall–Kier alpha value is -10.5. The number of hydrogen-bond donors (Lipinski definition) is 2. The number of nitrogens with zero attached hydrogens (tertiary/aromatic N) is 15. The first-order valence-corrected chi connectivity index (χ1v) is 35.7. The van der Waals surface area contributed by atoms with Crippen LogP contribution in [-0.2, 0) is 33.2 Å². The van der Waals surface area contributed by atoms with Crippen molar-refractivity contribution in [1.82, 2.24) is 44.9 Å². The van der Waals surface area contributed by atoms with Gasteiger partial charge in [-0.2, -0.15) is 29.9 Å². The van der Waals surface area contributed by atoms with Crippen molar-refractivity contribution in [1.29, 1.82) is 0 Å². The molecule has 9 aromatic rings. The molecule has 0 saturated carbocycles. The zero-order valence-corrected chi connectivity index (χ0v) is 61.4. The lowest BCUT2D eigenvalue weighted by atomic mass is 10.1. The number of carboxylic acids is 1. The van der Waals surface area contributed by atoms with Gasteiger partial charge < -0.3 is 87.6 Å². The highest BCUT2D eigenvalue weighted by atomic mass is 16.5. The van der Waals surface area contributed by atoms with Crippen molar-refractivity contribution in [2.75, 3.05) is 176 Å². The number of carbonyl (C=O) groups excluding carboxylic acids is 2. The highest BCUT2D eigenvalue weighted by Crippen LogP contribution is 2.38. The molecule has 30 heteroatoms. The van der Waals surface area contributed by atoms with E-state index in [0.717, 1.165) is 88.7 Å². The number of morpholine rings is 6. The first kappa shape index (κ1) is 73.8. The lowest BCUT2D eigenvalue weighted by Gasteiger charge is -2.37. The standard InChI is InChI=1S/C26H31N5O5.C25H30N6O4.C25H29N5O5/c1-16-14-35-11-9-30(16)24-20-7-8-21(18-5-6-19(25(32)34-4)22(13-18)33-3)27-23(20)28-26(29-24)31-10-12-36-15-17(31)2;1-15-13-34-10-8-30(15)24-19-6-7-20(17-4-5-18(22(26)32)21(12-17)33-3)27-23(19)28-25(29-24)31-9-11-35-14-16(31)2;1-15-13-34-10-8-29(15)23-19-6-7-20(17-4-5-18(24(31)32)21(12-17)33-3)26-22(19)27-25(28-23)30-9-11-35-14-16(30)2/h5-8,13,16-17H,9-12,14-15H2,1-4H3;4-7,12,15-16H,8-11,13-14H2,1-3H3,(H2,26,32);4-7,12,15-16H,8-11,13-14H2,1-3H3,(H,31,32)/t16-,17-;2*15-,16-/m000/s1. The van der Waals surface area contributed by atoms with Crippen molar-refractivity contribution < 1.29 is 66.9 Å². The SMILES string of the molecule is COC(=O)c1ccc(-c2ccc3c(N4CCOC[C@@H]4C)nc(N4CCOC[C@@H]4C)nc3n2)cc1OC.COc1cc(-c2ccc3c(N4CCOC[C@@H]4C)nc(N4CCOC[C@@H]4C)nc3n2)ccc1C(=O)O.COc1cc(-c2ccc3c(N4CCOC[C@@H]4C)nc(N4CCOC[C@@H]4C)nc3n2)ccc1C(N)=O. The number of anilines is 6. The molecule has 3 aromatic carbocycles. The molecule has 1 amide bonds. The van der Waals surface area contributed by atoms with Crippen molar-refractivity contribution in [2.45, 2.75) is 77.8 Å². The zero-order chi connectivity index (χ0) is 74.3. The molecule has 3 N–H and O–H groups in total. The quantitative estimate of drug-likeness (QED) is 0.0917. The Morgan fingerprint density at radius 3 is 0.943 bits per heavy atom. The highest BCUT2D eigenvalue weighted by molar-refractivity contribution is 5.98. The molecule has 6 aliphatic rings. The van der Waals surface area contributed by atoms with Gasteiger partial charge in [-0.25, -0.2) is 24.5 Å². The van der Waals surface area contributed by atoms with E-state index in [0.29, 0.717) is 155 Å². The van der Waals surface area contributed by atoms with Crippen LogP contribution >= 0.6 is 0 Å². The van der Waals surface area contributed by atoms with Crippen molar-refractivity contribution in [3.05, 3.63) is 108 Å². The smallest absolute Gasteiger partial charge is 0.341 e. The summed E-state index contributed by atoms with van der Waals surface area (Å²) in [5.41, 5.74) is 12.5. The predicted molar refractivity (Wildman–Crippen MR) is 401 cm³/mol. The minimum atomic E-state index is -1.04. The molecule has 558 valence electrons. The van der Waals surface area contributed by atoms with E-state index in [-0.39, 0.29) is 47.6 Å². The summed E-state index contributed by atoms with van der Waals surface area (Å²) in [6.45, 7) is 24.7. The molecule has 6 aromatic heterocycles. The molecular weight excluding hydrogens is 1360 g/mol. The fourth-order valence-electron chi connectivity index (χ4n) is 13.9. The molecule has 12 heterocycles. The molecule has 30 nitrogen and oxygen atoms in total. The van der Waals surface area contributed by atoms with Gasteiger partial charge in [0.2, 0.25) is 17.8 Å². The molecule has 6 aliphatic heterocycles. The van der Waals surface area contributed by atoms with E-state index in [1.165, 1.54) is 34.5 Å². The second-order valence-electron chi connectivity index (χ2n) is 26.9. The summed E-state index contributed by atoms with van der Waals surface area (Å²) in [4.78, 5) is 93.1. The summed E-state index contributed by atoms with van der Waals surface area (Å²) < 4.78 is 54.9. The van der Waals surface area contributed by atoms with Crippen LogP contribution in [0, 0.1) is 0 Å². The maximum absolute atomic E-state index is 12.1. The van der Waals surface area contributed by atoms with Crippen LogP contribution in [0.4, 0.5) is 35.3 Å². The fraction of sp³-hybridized carbons (Fsp3) is 0.447. The van der Waals surface area contributed by atoms with E-state index in [1.807, 2.05) is 48.5 Å². The largest absolute Gasteiger partial charge is 0.496 e. The number of nitrogens with two attached hydrogens (primary N) is 1. The number of primary amides is 1. The van der Waals surface area contributed by atoms with E-state index < -0.39 is 17.8 Å². The van der Waals surface area contributed by atoms with Crippen LogP contribution in [0.1, 0.15) is 72.6 Å². The Kier molecular flexibility index (Phi) is 22.9. The molecule has 106 heavy (non-hydrogen) atoms. The monoisotopic (exact) mass is 1450 g/mol. The van der Waals surface area contributed by atoms with Crippen molar-refractivity contribution in [2.24, 2.45) is 5.73 Å². The number of hydrogen-bond acceptors (Lipinski definition) is 28. The van der Waals surface area contributed by atoms with E-state index in [1.54, 1.807) is 36.4 Å². The minimum absolute atomic E-state index is 0.103. The normalized spacial score (nSPS) is 20.7. The summed E-state index contributed by atoms with van der Waals surface area (Å²) in [7, 11) is 5.84. The van der Waals surface area contributed by atoms with Crippen LogP contribution in [0.15, 0.2) is 91.0 Å². The zero-order valence-electron chi connectivity index (χ0n) is 61.4. The van der Waals surface area contributed by atoms with Gasteiger partial charge in [-0.15, -0.1) is 0 Å². The van der Waals surface area contributed by atoms with Gasteiger partial charge in [0.05, 0.1) is 183 Å². The second-order valence-corrected chi connectivity index (χ2v) is 26.9. The lowest BCUT2D eigenvalue weighted by Crippen LogP contribution is -2.46. The van der Waals surface area contributed by atoms with Gasteiger partial charge >= 0.3 is 11.9 Å². The number of carboxylic acid groups (broad SMARTS) is 1. The maximum Gasteiger partial charge on any atom is 0.341 e. The third kappa shape index (κ3) is 15.7. The van der Waals surface area contributed by atoms with Gasteiger partial charge in [0, 0.05) is 56.0 Å². The molecule has 15 rings (SSSR count). The number of carbonyl (C=O) groups is 3. The summed E-state index contributed by atoms with van der Waals surface area (Å²) in [5.74, 6) is 3.58. The number of ether oxygens (including phenoxy) is 10. The number of aromatic carboxylic acids is 1. The van der Waals surface area contributed by atoms with E-state index in [9.17, 15) is 19.5 Å². The number of aromatic nitrogens is 9. The summed E-state index contributed by atoms with van der Waals surface area (Å²) in [6.07, 6.45) is 0. The lowest BCUT2D eigenvalue weighted by molar-refractivity contribution is 0.0595. The average Bonchev–Trinajstić information content (AvgIpc) is 0.773. The van der Waals surface area contributed by atoms with Gasteiger partial charge in [0.25, 0.3) is 5.91 Å². The molecule has 0 spiro atoms. The number of fused-ring (bicyclic) bond motifs is 3. The van der Waals surface area contributed by atoms with Crippen LogP contribution in [0.2, 0.25) is 0 Å². The van der Waals surface area contributed by atoms with E-state index in [2.05, 4.69) is 70.9 Å². The number of rotatable bonds is 15. The average molecular weight is 1450 g/mol. The Morgan fingerprint density at radius 1 is 0.377 bits per heavy atom. The number of methoxy groups -OCH3 is 4. The first-order chi connectivity index (χ1) is 51.4. The minimum Gasteiger partial charge on any atom is -0.496 e. The van der Waals surface area contributed by atoms with Crippen LogP contribution in [0.25, 0.3) is 66.9 Å². The Bertz CT molecular complexity index is 4500. The van der Waals surface area contributed by atoms with E-state index >= 15 is 0 Å². The second kappa shape index (κ2) is 32.9. The molecule has 6 atom stereocenters. The van der Waals surface area contributed by atoms with Gasteiger partial charge in [0.1, 0.15) is 45.8 Å². The molecule has 6 saturated heterocycles. The topological polar surface area (TPSA) is 325 Å². The van der Waals surface area contributed by atoms with Crippen LogP contribution in [0.3, 0.4) is 0 Å². The van der Waals surface area contributed by atoms with Crippen LogP contribution in [0.5, 0.6) is 17.2 Å². The Morgan fingerprint density at radius 2 is 0.660 bits per heavy atom. The number of amides is 1. The molecule has 0 radical (unpaired) electrons. The predicted octanol–water partition coefficient (Wildman–Crippen LogP) is 8.04. The van der Waals surface area contributed by atoms with Gasteiger partial charge in [-0.05, 0) is 114 Å². The summed E-state index contributed by atoms with van der Waals surface area (Å²) in [5, 5.41) is 12.0. The molecule has 0 aliphatic carbocycles. The highest BCUT2D eigenvalue weighted by Gasteiger charge is 2.33. The fourth-order valence-corrected chi connectivity index (χ4v) is 13.9. The summed E-state index contributed by atoms with van der Waals surface area (Å²) in [6, 6.07) is 28.3. The van der Waals surface area contributed by atoms with Crippen molar-refractivity contribution in [3.63, 3.8) is 0 Å². The first-order valence-electron chi connectivity index (χ1n) is 35.7. The number of pyridine rings is 3. The van der Waals surface area contributed by atoms with Crippen molar-refractivity contribution in [3.8, 4) is 51.0 Å². The molecule has 0 unspecified atom stereocenters. The Labute approximate surface area is 614 Å². The van der Waals surface area contributed by atoms with E-state index in [4.69, 9.17) is 98.0 Å². The Balaban J connectivity index is 0.000000141. The number of esters is 1. The maximum atomic E-state index is 12.1. The van der Waals surface area contributed by atoms with Crippen molar-refractivity contribution >= 4 is 86.2 Å². The van der Waals surface area contributed by atoms with Crippen LogP contribution in [-0.4, -0.2) is 251 Å². The third-order valence-corrected chi connectivity index (χ3v) is 19.8. The van der Waals surface area contributed by atoms with Gasteiger partial charge in [-0.1, -0.05) is 18.2 Å². The molecular formula is C76H90N16O14. The summed E-state index contributed by atoms with van der Waals surface area (Å²) >= 11 is 0. The van der Waals surface area contributed by atoms with Crippen LogP contribution < -0.4 is 49.3 Å². The molecule has 0 bridgehead atoms.